The Kier molecular flexibility index (Phi) is 3.61. The lowest BCUT2D eigenvalue weighted by molar-refractivity contribution is -0.116. The van der Waals surface area contributed by atoms with Gasteiger partial charge in [0, 0.05) is 23.5 Å². The molecule has 2 heteroatoms. The number of nitrogens with zero attached hydrogens (tertiary/aromatic N) is 1. The summed E-state index contributed by atoms with van der Waals surface area (Å²) in [6.07, 6.45) is 0.518. The van der Waals surface area contributed by atoms with Gasteiger partial charge in [-0.1, -0.05) is 17.7 Å². The van der Waals surface area contributed by atoms with Gasteiger partial charge < -0.3 is 4.57 Å². The van der Waals surface area contributed by atoms with Crippen LogP contribution in [0.5, 0.6) is 0 Å². The van der Waals surface area contributed by atoms with Crippen molar-refractivity contribution < 1.29 is 4.79 Å². The Bertz CT molecular complexity index is 635. The van der Waals surface area contributed by atoms with Gasteiger partial charge in [-0.2, -0.15) is 0 Å². The first kappa shape index (κ1) is 13.6. The van der Waals surface area contributed by atoms with Crippen LogP contribution in [0.2, 0.25) is 0 Å². The number of aromatic nitrogens is 1. The summed E-state index contributed by atoms with van der Waals surface area (Å²) in [6.45, 7) is 10.1. The van der Waals surface area contributed by atoms with Crippen LogP contribution < -0.4 is 0 Å². The minimum absolute atomic E-state index is 0.209. The Labute approximate surface area is 115 Å². The monoisotopic (exact) mass is 255 g/mol. The fraction of sp³-hybridized carbons (Fsp3) is 0.353. The molecule has 1 aromatic carbocycles. The molecule has 0 radical (unpaired) electrons. The molecule has 1 aromatic heterocycles. The van der Waals surface area contributed by atoms with E-state index in [2.05, 4.69) is 56.5 Å². The maximum absolute atomic E-state index is 11.3. The molecule has 19 heavy (non-hydrogen) atoms. The van der Waals surface area contributed by atoms with Crippen LogP contribution >= 0.6 is 0 Å². The molecule has 100 valence electrons. The van der Waals surface area contributed by atoms with Crippen molar-refractivity contribution in [1.29, 1.82) is 0 Å². The van der Waals surface area contributed by atoms with Gasteiger partial charge in [-0.25, -0.2) is 0 Å². The molecule has 2 nitrogen and oxygen atoms in total. The Morgan fingerprint density at radius 2 is 1.79 bits per heavy atom. The number of rotatable bonds is 3. The number of benzene rings is 1. The Morgan fingerprint density at radius 3 is 2.37 bits per heavy atom. The van der Waals surface area contributed by atoms with Gasteiger partial charge in [0.25, 0.3) is 0 Å². The number of Topliss-reactive ketones (excluding diaryl/α,β-unsaturated/α-hetero) is 1. The molecule has 2 aromatic rings. The molecular formula is C17H21NO. The summed E-state index contributed by atoms with van der Waals surface area (Å²) in [7, 11) is 0. The fourth-order valence-electron chi connectivity index (χ4n) is 2.70. The second kappa shape index (κ2) is 5.04. The molecule has 0 spiro atoms. The first-order valence-electron chi connectivity index (χ1n) is 6.65. The number of carbonyl (C=O) groups excluding carboxylic acids is 1. The standard InChI is InChI=1S/C17H21NO/c1-11-6-7-17(12(2)8-11)18-13(3)9-16(15(18)5)10-14(4)19/h6-9H,10H2,1-5H3. The maximum Gasteiger partial charge on any atom is 0.134 e. The van der Waals surface area contributed by atoms with E-state index in [1.54, 1.807) is 6.92 Å². The van der Waals surface area contributed by atoms with Gasteiger partial charge >= 0.3 is 0 Å². The normalized spacial score (nSPS) is 10.8. The Morgan fingerprint density at radius 1 is 1.11 bits per heavy atom. The molecule has 1 heterocycles. The zero-order valence-electron chi connectivity index (χ0n) is 12.4. The lowest BCUT2D eigenvalue weighted by atomic mass is 10.1. The van der Waals surface area contributed by atoms with Crippen LogP contribution in [0.4, 0.5) is 0 Å². The molecule has 0 unspecified atom stereocenters. The van der Waals surface area contributed by atoms with Gasteiger partial charge in [0.05, 0.1) is 0 Å². The number of ketones is 1. The molecule has 0 bridgehead atoms. The van der Waals surface area contributed by atoms with E-state index in [1.807, 2.05) is 0 Å². The predicted molar refractivity (Wildman–Crippen MR) is 79.1 cm³/mol. The third-order valence-electron chi connectivity index (χ3n) is 3.57. The quantitative estimate of drug-likeness (QED) is 0.816. The van der Waals surface area contributed by atoms with E-state index in [1.165, 1.54) is 28.2 Å². The average molecular weight is 255 g/mol. The van der Waals surface area contributed by atoms with E-state index in [0.29, 0.717) is 6.42 Å². The van der Waals surface area contributed by atoms with Crippen LogP contribution in [-0.4, -0.2) is 10.4 Å². The van der Waals surface area contributed by atoms with E-state index >= 15 is 0 Å². The summed E-state index contributed by atoms with van der Waals surface area (Å²) in [5.41, 5.74) is 7.21. The van der Waals surface area contributed by atoms with Crippen molar-refractivity contribution in [2.24, 2.45) is 0 Å². The molecule has 2 rings (SSSR count). The molecule has 0 atom stereocenters. The van der Waals surface area contributed by atoms with Crippen molar-refractivity contribution in [3.63, 3.8) is 0 Å². The number of hydrogen-bond donors (Lipinski definition) is 0. The first-order valence-corrected chi connectivity index (χ1v) is 6.65. The largest absolute Gasteiger partial charge is 0.318 e. The third-order valence-corrected chi connectivity index (χ3v) is 3.57. The summed E-state index contributed by atoms with van der Waals surface area (Å²) in [5.74, 6) is 0.209. The van der Waals surface area contributed by atoms with Crippen molar-refractivity contribution in [2.75, 3.05) is 0 Å². The first-order chi connectivity index (χ1) is 8.90. The van der Waals surface area contributed by atoms with E-state index in [0.717, 1.165) is 5.56 Å². The van der Waals surface area contributed by atoms with E-state index in [-0.39, 0.29) is 5.78 Å². The zero-order valence-corrected chi connectivity index (χ0v) is 12.4. The van der Waals surface area contributed by atoms with Gasteiger partial charge in [0.1, 0.15) is 5.78 Å². The lowest BCUT2D eigenvalue weighted by Crippen LogP contribution is -2.03. The zero-order chi connectivity index (χ0) is 14.2. The topological polar surface area (TPSA) is 22.0 Å². The second-order valence-corrected chi connectivity index (χ2v) is 5.40. The van der Waals surface area contributed by atoms with Crippen LogP contribution in [0, 0.1) is 27.7 Å². The highest BCUT2D eigenvalue weighted by Crippen LogP contribution is 2.24. The van der Waals surface area contributed by atoms with Gasteiger partial charge in [-0.3, -0.25) is 4.79 Å². The molecule has 0 aliphatic carbocycles. The van der Waals surface area contributed by atoms with Crippen molar-refractivity contribution in [1.82, 2.24) is 4.57 Å². The van der Waals surface area contributed by atoms with E-state index in [9.17, 15) is 4.79 Å². The number of carbonyl (C=O) groups is 1. The Balaban J connectivity index is 2.56. The molecule has 0 aliphatic rings. The van der Waals surface area contributed by atoms with Gasteiger partial charge in [0.15, 0.2) is 0 Å². The third kappa shape index (κ3) is 2.62. The van der Waals surface area contributed by atoms with E-state index in [4.69, 9.17) is 0 Å². The van der Waals surface area contributed by atoms with Crippen molar-refractivity contribution in [3.05, 3.63) is 52.3 Å². The molecule has 0 saturated heterocycles. The minimum atomic E-state index is 0.209. The molecule has 0 fully saturated rings. The van der Waals surface area contributed by atoms with Crippen LogP contribution in [0.3, 0.4) is 0 Å². The molecule has 0 amide bonds. The predicted octanol–water partition coefficient (Wildman–Crippen LogP) is 3.84. The van der Waals surface area contributed by atoms with Crippen LogP contribution in [0.1, 0.15) is 35.0 Å². The lowest BCUT2D eigenvalue weighted by Gasteiger charge is -2.13. The van der Waals surface area contributed by atoms with Crippen LogP contribution in [-0.2, 0) is 11.2 Å². The summed E-state index contributed by atoms with van der Waals surface area (Å²) in [6, 6.07) is 8.60. The van der Waals surface area contributed by atoms with Crippen molar-refractivity contribution >= 4 is 5.78 Å². The summed E-state index contributed by atoms with van der Waals surface area (Å²) in [4.78, 5) is 11.3. The second-order valence-electron chi connectivity index (χ2n) is 5.40. The highest BCUT2D eigenvalue weighted by atomic mass is 16.1. The molecule has 0 N–H and O–H groups in total. The van der Waals surface area contributed by atoms with Gasteiger partial charge in [0.2, 0.25) is 0 Å². The van der Waals surface area contributed by atoms with Crippen LogP contribution in [0.25, 0.3) is 5.69 Å². The average Bonchev–Trinajstić information content (AvgIpc) is 2.55. The molecular weight excluding hydrogens is 234 g/mol. The molecule has 0 aliphatic heterocycles. The maximum atomic E-state index is 11.3. The van der Waals surface area contributed by atoms with Crippen molar-refractivity contribution in [2.45, 2.75) is 41.0 Å². The summed E-state index contributed by atoms with van der Waals surface area (Å²) < 4.78 is 2.24. The van der Waals surface area contributed by atoms with Gasteiger partial charge in [-0.15, -0.1) is 0 Å². The molecule has 0 saturated carbocycles. The highest BCUT2D eigenvalue weighted by molar-refractivity contribution is 5.78. The van der Waals surface area contributed by atoms with Gasteiger partial charge in [-0.05, 0) is 57.9 Å². The number of aryl methyl sites for hydroxylation is 3. The minimum Gasteiger partial charge on any atom is -0.318 e. The smallest absolute Gasteiger partial charge is 0.134 e. The number of hydrogen-bond acceptors (Lipinski definition) is 1. The highest BCUT2D eigenvalue weighted by Gasteiger charge is 2.13. The Hall–Kier alpha value is -1.83. The van der Waals surface area contributed by atoms with Crippen molar-refractivity contribution in [3.8, 4) is 5.69 Å². The summed E-state index contributed by atoms with van der Waals surface area (Å²) in [5, 5.41) is 0. The van der Waals surface area contributed by atoms with E-state index < -0.39 is 0 Å². The van der Waals surface area contributed by atoms with Crippen LogP contribution in [0.15, 0.2) is 24.3 Å². The fourth-order valence-corrected chi connectivity index (χ4v) is 2.70. The SMILES string of the molecule is CC(=O)Cc1cc(C)n(-c2ccc(C)cc2C)c1C. The summed E-state index contributed by atoms with van der Waals surface area (Å²) >= 11 is 0.